The highest BCUT2D eigenvalue weighted by Crippen LogP contribution is 2.34. The third-order valence-corrected chi connectivity index (χ3v) is 5.36. The monoisotopic (exact) mass is 393 g/mol. The Kier molecular flexibility index (Phi) is 4.82. The van der Waals surface area contributed by atoms with Crippen LogP contribution in [-0.2, 0) is 6.18 Å². The smallest absolute Gasteiger partial charge is 0.396 e. The summed E-state index contributed by atoms with van der Waals surface area (Å²) in [5.41, 5.74) is -0.478. The van der Waals surface area contributed by atoms with Crippen LogP contribution in [0.25, 0.3) is 22.2 Å². The van der Waals surface area contributed by atoms with Gasteiger partial charge in [0.1, 0.15) is 11.2 Å². The zero-order valence-corrected chi connectivity index (χ0v) is 15.0. The van der Waals surface area contributed by atoms with E-state index in [0.717, 1.165) is 31.7 Å². The van der Waals surface area contributed by atoms with E-state index in [4.69, 9.17) is 0 Å². The van der Waals surface area contributed by atoms with Crippen molar-refractivity contribution >= 4 is 10.9 Å². The third kappa shape index (κ3) is 3.61. The van der Waals surface area contributed by atoms with Crippen molar-refractivity contribution in [1.82, 2.24) is 14.8 Å². The number of benzene rings is 1. The van der Waals surface area contributed by atoms with E-state index in [0.29, 0.717) is 11.3 Å². The Labute approximate surface area is 158 Å². The molecular weight excluding hydrogens is 374 g/mol. The number of hydrogen-bond acceptors (Lipinski definition) is 3. The number of nitrogens with zero attached hydrogens (tertiary/aromatic N) is 3. The Bertz CT molecular complexity index is 991. The molecule has 3 aromatic rings. The van der Waals surface area contributed by atoms with E-state index in [2.05, 4.69) is 10.1 Å². The second kappa shape index (κ2) is 7.16. The second-order valence-electron chi connectivity index (χ2n) is 7.27. The van der Waals surface area contributed by atoms with Gasteiger partial charge in [-0.15, -0.1) is 0 Å². The van der Waals surface area contributed by atoms with Gasteiger partial charge in [-0.2, -0.15) is 18.3 Å². The van der Waals surface area contributed by atoms with Crippen molar-refractivity contribution in [2.45, 2.75) is 37.9 Å². The summed E-state index contributed by atoms with van der Waals surface area (Å²) >= 11 is 0. The number of hydrogen-bond donors (Lipinski definition) is 1. The molecule has 0 unspecified atom stereocenters. The molecule has 1 N–H and O–H groups in total. The molecule has 1 aliphatic carbocycles. The average molecular weight is 393 g/mol. The quantitative estimate of drug-likeness (QED) is 0.639. The minimum Gasteiger partial charge on any atom is -0.396 e. The molecular formula is C20H19F4N3O. The van der Waals surface area contributed by atoms with Gasteiger partial charge in [0.15, 0.2) is 5.82 Å². The largest absolute Gasteiger partial charge is 0.433 e. The van der Waals surface area contributed by atoms with E-state index in [1.165, 1.54) is 18.2 Å². The topological polar surface area (TPSA) is 50.9 Å². The number of aliphatic hydroxyl groups is 1. The summed E-state index contributed by atoms with van der Waals surface area (Å²) in [6.07, 6.45) is 0.653. The first kappa shape index (κ1) is 18.9. The first-order valence-electron chi connectivity index (χ1n) is 9.19. The Morgan fingerprint density at radius 3 is 2.54 bits per heavy atom. The highest BCUT2D eigenvalue weighted by atomic mass is 19.4. The van der Waals surface area contributed by atoms with Crippen LogP contribution in [-0.4, -0.2) is 26.5 Å². The maximum absolute atomic E-state index is 14.6. The molecule has 1 fully saturated rings. The number of aromatic nitrogens is 3. The van der Waals surface area contributed by atoms with Crippen LogP contribution < -0.4 is 0 Å². The van der Waals surface area contributed by atoms with Crippen molar-refractivity contribution in [2.75, 3.05) is 6.61 Å². The number of rotatable bonds is 3. The van der Waals surface area contributed by atoms with Gasteiger partial charge >= 0.3 is 6.18 Å². The van der Waals surface area contributed by atoms with E-state index < -0.39 is 17.7 Å². The normalized spacial score (nSPS) is 20.6. The summed E-state index contributed by atoms with van der Waals surface area (Å²) in [7, 11) is 0. The molecule has 1 aliphatic rings. The number of halogens is 4. The van der Waals surface area contributed by atoms with Crippen LogP contribution in [0, 0.1) is 11.7 Å². The Morgan fingerprint density at radius 2 is 1.86 bits per heavy atom. The lowest BCUT2D eigenvalue weighted by atomic mass is 9.87. The summed E-state index contributed by atoms with van der Waals surface area (Å²) in [4.78, 5) is 3.63. The molecule has 0 aliphatic heterocycles. The molecule has 1 aromatic carbocycles. The molecule has 1 saturated carbocycles. The summed E-state index contributed by atoms with van der Waals surface area (Å²) in [6, 6.07) is 6.49. The average Bonchev–Trinajstić information content (AvgIpc) is 3.12. The van der Waals surface area contributed by atoms with Crippen LogP contribution in [0.3, 0.4) is 0 Å². The highest BCUT2D eigenvalue weighted by molar-refractivity contribution is 5.84. The molecule has 0 spiro atoms. The molecule has 0 amide bonds. The fraction of sp³-hybridized carbons (Fsp3) is 0.400. The van der Waals surface area contributed by atoms with Gasteiger partial charge in [0.25, 0.3) is 0 Å². The van der Waals surface area contributed by atoms with E-state index in [-0.39, 0.29) is 29.4 Å². The molecule has 4 rings (SSSR count). The fourth-order valence-electron chi connectivity index (χ4n) is 3.79. The van der Waals surface area contributed by atoms with Crippen LogP contribution in [0.1, 0.15) is 37.4 Å². The van der Waals surface area contributed by atoms with Gasteiger partial charge in [-0.1, -0.05) is 6.07 Å². The maximum Gasteiger partial charge on any atom is 0.433 e. The lowest BCUT2D eigenvalue weighted by Crippen LogP contribution is -2.20. The molecule has 0 saturated heterocycles. The SMILES string of the molecule is OCC1CCC(n2cc3cc(-c4cccc(C(F)(F)F)n4)cc(F)c3n2)CC1. The van der Waals surface area contributed by atoms with Gasteiger partial charge in [0.2, 0.25) is 0 Å². The zero-order valence-electron chi connectivity index (χ0n) is 15.0. The van der Waals surface area contributed by atoms with Gasteiger partial charge in [-0.25, -0.2) is 9.37 Å². The van der Waals surface area contributed by atoms with Gasteiger partial charge in [0, 0.05) is 23.8 Å². The lowest BCUT2D eigenvalue weighted by Gasteiger charge is -2.27. The molecule has 0 radical (unpaired) electrons. The summed E-state index contributed by atoms with van der Waals surface area (Å²) in [5, 5.41) is 14.1. The number of aliphatic hydroxyl groups excluding tert-OH is 1. The predicted molar refractivity (Wildman–Crippen MR) is 96.0 cm³/mol. The van der Waals surface area contributed by atoms with Crippen molar-refractivity contribution in [2.24, 2.45) is 5.92 Å². The minimum atomic E-state index is -4.56. The highest BCUT2D eigenvalue weighted by Gasteiger charge is 2.32. The number of fused-ring (bicyclic) bond motifs is 1. The second-order valence-corrected chi connectivity index (χ2v) is 7.27. The van der Waals surface area contributed by atoms with Crippen LogP contribution >= 0.6 is 0 Å². The fourth-order valence-corrected chi connectivity index (χ4v) is 3.79. The third-order valence-electron chi connectivity index (χ3n) is 5.36. The first-order chi connectivity index (χ1) is 13.3. The van der Waals surface area contributed by atoms with E-state index >= 15 is 0 Å². The van der Waals surface area contributed by atoms with Crippen molar-refractivity contribution < 1.29 is 22.7 Å². The molecule has 4 nitrogen and oxygen atoms in total. The van der Waals surface area contributed by atoms with Crippen LogP contribution in [0.5, 0.6) is 0 Å². The molecule has 2 aromatic heterocycles. The predicted octanol–water partition coefficient (Wildman–Crippen LogP) is 4.98. The molecule has 8 heteroatoms. The van der Waals surface area contributed by atoms with E-state index in [1.807, 2.05) is 0 Å². The molecule has 28 heavy (non-hydrogen) atoms. The summed E-state index contributed by atoms with van der Waals surface area (Å²) in [5.74, 6) is -0.286. The van der Waals surface area contributed by atoms with Crippen molar-refractivity contribution in [3.8, 4) is 11.3 Å². The zero-order chi connectivity index (χ0) is 19.9. The van der Waals surface area contributed by atoms with Crippen molar-refractivity contribution in [1.29, 1.82) is 0 Å². The lowest BCUT2D eigenvalue weighted by molar-refractivity contribution is -0.141. The van der Waals surface area contributed by atoms with Crippen LogP contribution in [0.4, 0.5) is 17.6 Å². The standard InChI is InChI=1S/C20H19F4N3O/c21-16-9-13(17-2-1-3-18(25-17)20(22,23)24)8-14-10-27(26-19(14)16)15-6-4-12(11-28)5-7-15/h1-3,8-10,12,15,28H,4-7,11H2. The summed E-state index contributed by atoms with van der Waals surface area (Å²) < 4.78 is 55.1. The maximum atomic E-state index is 14.6. The first-order valence-corrected chi connectivity index (χ1v) is 9.19. The van der Waals surface area contributed by atoms with Gasteiger partial charge in [-0.05, 0) is 55.9 Å². The minimum absolute atomic E-state index is 0.0619. The van der Waals surface area contributed by atoms with Crippen molar-refractivity contribution in [3.63, 3.8) is 0 Å². The van der Waals surface area contributed by atoms with E-state index in [1.54, 1.807) is 16.9 Å². The van der Waals surface area contributed by atoms with E-state index in [9.17, 15) is 22.7 Å². The summed E-state index contributed by atoms with van der Waals surface area (Å²) in [6.45, 7) is 0.176. The molecule has 2 heterocycles. The molecule has 0 atom stereocenters. The Balaban J connectivity index is 1.68. The molecule has 0 bridgehead atoms. The van der Waals surface area contributed by atoms with Gasteiger partial charge in [0.05, 0.1) is 11.7 Å². The van der Waals surface area contributed by atoms with Crippen molar-refractivity contribution in [3.05, 3.63) is 48.0 Å². The van der Waals surface area contributed by atoms with Crippen LogP contribution in [0.15, 0.2) is 36.5 Å². The number of pyridine rings is 1. The Morgan fingerprint density at radius 1 is 1.11 bits per heavy atom. The molecule has 148 valence electrons. The van der Waals surface area contributed by atoms with Gasteiger partial charge in [-0.3, -0.25) is 4.68 Å². The Hall–Kier alpha value is -2.48. The van der Waals surface area contributed by atoms with Crippen LogP contribution in [0.2, 0.25) is 0 Å². The number of alkyl halides is 3. The van der Waals surface area contributed by atoms with Gasteiger partial charge < -0.3 is 5.11 Å².